The first-order chi connectivity index (χ1) is 9.22. The van der Waals surface area contributed by atoms with Crippen molar-refractivity contribution in [2.24, 2.45) is 10.9 Å². The van der Waals surface area contributed by atoms with E-state index in [1.807, 2.05) is 0 Å². The standard InChI is InChI=1S/C15H29N3O.HI/c1-4-16-15(18-14-7-5-6-8-14)17-10-12-19-11-9-13(2)3;/h5-6,13-14H,4,7-12H2,1-3H3,(H2,16,17,18);1H. The van der Waals surface area contributed by atoms with E-state index in [0.29, 0.717) is 25.1 Å². The van der Waals surface area contributed by atoms with E-state index in [9.17, 15) is 0 Å². The minimum atomic E-state index is 0. The molecular formula is C15H30IN3O. The van der Waals surface area contributed by atoms with E-state index in [4.69, 9.17) is 4.74 Å². The Morgan fingerprint density at radius 3 is 2.60 bits per heavy atom. The highest BCUT2D eigenvalue weighted by atomic mass is 127. The quantitative estimate of drug-likeness (QED) is 0.218. The van der Waals surface area contributed by atoms with Crippen molar-refractivity contribution in [3.05, 3.63) is 12.2 Å². The number of ether oxygens (including phenoxy) is 1. The monoisotopic (exact) mass is 395 g/mol. The van der Waals surface area contributed by atoms with Crippen LogP contribution in [0.3, 0.4) is 0 Å². The van der Waals surface area contributed by atoms with E-state index in [1.165, 1.54) is 0 Å². The summed E-state index contributed by atoms with van der Waals surface area (Å²) in [6, 6.07) is 0.500. The fourth-order valence-corrected chi connectivity index (χ4v) is 1.89. The van der Waals surface area contributed by atoms with E-state index in [0.717, 1.165) is 38.4 Å². The third kappa shape index (κ3) is 9.58. The fourth-order valence-electron chi connectivity index (χ4n) is 1.89. The van der Waals surface area contributed by atoms with Crippen LogP contribution < -0.4 is 10.6 Å². The predicted octanol–water partition coefficient (Wildman–Crippen LogP) is 2.94. The van der Waals surface area contributed by atoms with Gasteiger partial charge in [0.2, 0.25) is 0 Å². The average molecular weight is 395 g/mol. The van der Waals surface area contributed by atoms with Crippen LogP contribution in [0.1, 0.15) is 40.0 Å². The third-order valence-electron chi connectivity index (χ3n) is 3.04. The largest absolute Gasteiger partial charge is 0.380 e. The lowest BCUT2D eigenvalue weighted by Gasteiger charge is -2.16. The van der Waals surface area contributed by atoms with E-state index >= 15 is 0 Å². The molecule has 118 valence electrons. The summed E-state index contributed by atoms with van der Waals surface area (Å²) in [5.41, 5.74) is 0. The smallest absolute Gasteiger partial charge is 0.191 e. The van der Waals surface area contributed by atoms with E-state index in [-0.39, 0.29) is 24.0 Å². The van der Waals surface area contributed by atoms with E-state index < -0.39 is 0 Å². The van der Waals surface area contributed by atoms with Crippen molar-refractivity contribution in [2.45, 2.75) is 46.1 Å². The average Bonchev–Trinajstić information content (AvgIpc) is 2.86. The summed E-state index contributed by atoms with van der Waals surface area (Å²) in [5, 5.41) is 6.72. The molecule has 0 bridgehead atoms. The second-order valence-corrected chi connectivity index (χ2v) is 5.34. The lowest BCUT2D eigenvalue weighted by molar-refractivity contribution is 0.130. The van der Waals surface area contributed by atoms with E-state index in [1.54, 1.807) is 0 Å². The fraction of sp³-hybridized carbons (Fsp3) is 0.800. The second-order valence-electron chi connectivity index (χ2n) is 5.34. The zero-order valence-corrected chi connectivity index (χ0v) is 15.4. The molecule has 4 nitrogen and oxygen atoms in total. The first kappa shape index (κ1) is 19.7. The summed E-state index contributed by atoms with van der Waals surface area (Å²) in [4.78, 5) is 4.54. The zero-order chi connectivity index (χ0) is 13.9. The van der Waals surface area contributed by atoms with Gasteiger partial charge in [0, 0.05) is 19.2 Å². The molecule has 0 aromatic carbocycles. The Labute approximate surface area is 140 Å². The van der Waals surface area contributed by atoms with Gasteiger partial charge in [-0.1, -0.05) is 26.0 Å². The van der Waals surface area contributed by atoms with Gasteiger partial charge in [-0.05, 0) is 32.1 Å². The van der Waals surface area contributed by atoms with Crippen molar-refractivity contribution in [1.29, 1.82) is 0 Å². The first-order valence-corrected chi connectivity index (χ1v) is 7.50. The van der Waals surface area contributed by atoms with Crippen molar-refractivity contribution in [1.82, 2.24) is 10.6 Å². The van der Waals surface area contributed by atoms with Crippen molar-refractivity contribution in [3.8, 4) is 0 Å². The molecule has 0 saturated carbocycles. The molecule has 0 unspecified atom stereocenters. The highest BCUT2D eigenvalue weighted by molar-refractivity contribution is 14.0. The Bertz CT molecular complexity index is 285. The maximum absolute atomic E-state index is 5.57. The van der Waals surface area contributed by atoms with Gasteiger partial charge in [0.05, 0.1) is 13.2 Å². The van der Waals surface area contributed by atoms with E-state index in [2.05, 4.69) is 48.5 Å². The van der Waals surface area contributed by atoms with Gasteiger partial charge in [-0.2, -0.15) is 0 Å². The van der Waals surface area contributed by atoms with Gasteiger partial charge in [-0.3, -0.25) is 4.99 Å². The van der Waals surface area contributed by atoms with Crippen LogP contribution in [0.25, 0.3) is 0 Å². The topological polar surface area (TPSA) is 45.7 Å². The highest BCUT2D eigenvalue weighted by Gasteiger charge is 2.11. The Balaban J connectivity index is 0.00000361. The maximum Gasteiger partial charge on any atom is 0.191 e. The molecule has 1 aliphatic carbocycles. The Morgan fingerprint density at radius 2 is 2.00 bits per heavy atom. The molecule has 0 aromatic rings. The lowest BCUT2D eigenvalue weighted by Crippen LogP contribution is -2.42. The van der Waals surface area contributed by atoms with Gasteiger partial charge < -0.3 is 15.4 Å². The van der Waals surface area contributed by atoms with Gasteiger partial charge >= 0.3 is 0 Å². The zero-order valence-electron chi connectivity index (χ0n) is 13.0. The number of hydrogen-bond donors (Lipinski definition) is 2. The molecule has 0 aliphatic heterocycles. The van der Waals surface area contributed by atoms with Crippen LogP contribution in [0.15, 0.2) is 17.1 Å². The van der Waals surface area contributed by atoms with Crippen molar-refractivity contribution in [2.75, 3.05) is 26.3 Å². The summed E-state index contributed by atoms with van der Waals surface area (Å²) in [6.07, 6.45) is 7.74. The minimum Gasteiger partial charge on any atom is -0.380 e. The van der Waals surface area contributed by atoms with Gasteiger partial charge in [0.15, 0.2) is 5.96 Å². The van der Waals surface area contributed by atoms with Crippen molar-refractivity contribution >= 4 is 29.9 Å². The lowest BCUT2D eigenvalue weighted by atomic mass is 10.1. The third-order valence-corrected chi connectivity index (χ3v) is 3.04. The van der Waals surface area contributed by atoms with Crippen LogP contribution >= 0.6 is 24.0 Å². The van der Waals surface area contributed by atoms with Crippen LogP contribution in [0.5, 0.6) is 0 Å². The maximum atomic E-state index is 5.57. The molecule has 0 heterocycles. The normalized spacial score (nSPS) is 15.5. The van der Waals surface area contributed by atoms with Gasteiger partial charge in [-0.25, -0.2) is 0 Å². The van der Waals surface area contributed by atoms with Crippen LogP contribution in [-0.2, 0) is 4.74 Å². The van der Waals surface area contributed by atoms with Crippen LogP contribution in [0, 0.1) is 5.92 Å². The molecule has 0 spiro atoms. The SMILES string of the molecule is CCNC(=NCCOCCC(C)C)NC1CC=CC1.I. The summed E-state index contributed by atoms with van der Waals surface area (Å²) in [5.74, 6) is 1.61. The number of halogens is 1. The highest BCUT2D eigenvalue weighted by Crippen LogP contribution is 2.08. The van der Waals surface area contributed by atoms with Gasteiger partial charge in [0.25, 0.3) is 0 Å². The molecule has 0 fully saturated rings. The molecule has 0 saturated heterocycles. The molecule has 1 rings (SSSR count). The molecule has 0 atom stereocenters. The number of hydrogen-bond acceptors (Lipinski definition) is 2. The summed E-state index contributed by atoms with van der Waals surface area (Å²) < 4.78 is 5.57. The minimum absolute atomic E-state index is 0. The second kappa shape index (κ2) is 12.4. The first-order valence-electron chi connectivity index (χ1n) is 7.50. The van der Waals surface area contributed by atoms with Gasteiger partial charge in [0.1, 0.15) is 0 Å². The van der Waals surface area contributed by atoms with Crippen molar-refractivity contribution < 1.29 is 4.74 Å². The number of nitrogens with one attached hydrogen (secondary N) is 2. The Hall–Kier alpha value is -0.300. The van der Waals surface area contributed by atoms with Crippen LogP contribution in [0.4, 0.5) is 0 Å². The van der Waals surface area contributed by atoms with Crippen molar-refractivity contribution in [3.63, 3.8) is 0 Å². The molecule has 0 amide bonds. The summed E-state index contributed by atoms with van der Waals surface area (Å²) in [6.45, 7) is 9.65. The molecule has 2 N–H and O–H groups in total. The van der Waals surface area contributed by atoms with Crippen LogP contribution in [-0.4, -0.2) is 38.3 Å². The molecular weight excluding hydrogens is 365 g/mol. The molecule has 5 heteroatoms. The number of aliphatic imine (C=N–C) groups is 1. The van der Waals surface area contributed by atoms with Crippen LogP contribution in [0.2, 0.25) is 0 Å². The van der Waals surface area contributed by atoms with Gasteiger partial charge in [-0.15, -0.1) is 24.0 Å². The summed E-state index contributed by atoms with van der Waals surface area (Å²) >= 11 is 0. The Kier molecular flexibility index (Phi) is 12.3. The summed E-state index contributed by atoms with van der Waals surface area (Å²) in [7, 11) is 0. The Morgan fingerprint density at radius 1 is 1.30 bits per heavy atom. The molecule has 0 aromatic heterocycles. The number of guanidine groups is 1. The molecule has 0 radical (unpaired) electrons. The molecule has 20 heavy (non-hydrogen) atoms. The molecule has 1 aliphatic rings. The number of nitrogens with zero attached hydrogens (tertiary/aromatic N) is 1. The predicted molar refractivity (Wildman–Crippen MR) is 97.0 cm³/mol. The number of rotatable bonds is 8.